The fourth-order valence-electron chi connectivity index (χ4n) is 3.57. The van der Waals surface area contributed by atoms with E-state index in [1.54, 1.807) is 30.4 Å². The molecule has 0 bridgehead atoms. The van der Waals surface area contributed by atoms with Crippen molar-refractivity contribution in [3.05, 3.63) is 81.3 Å². The Hall–Kier alpha value is -2.69. The Morgan fingerprint density at radius 1 is 1.03 bits per heavy atom. The van der Waals surface area contributed by atoms with Crippen molar-refractivity contribution in [3.63, 3.8) is 0 Å². The van der Waals surface area contributed by atoms with E-state index in [1.165, 1.54) is 11.3 Å². The number of hydrogen-bond acceptors (Lipinski definition) is 5. The SMILES string of the molecule is COc1ccc2c(-c3ccsc3C#N)c(-c3cccs3)n(Sc3ccc(Cl)cc3)c2c1. The van der Waals surface area contributed by atoms with Crippen LogP contribution in [0.15, 0.2) is 76.3 Å². The van der Waals surface area contributed by atoms with E-state index >= 15 is 0 Å². The van der Waals surface area contributed by atoms with Crippen LogP contribution in [-0.2, 0) is 0 Å². The zero-order valence-corrected chi connectivity index (χ0v) is 19.5. The van der Waals surface area contributed by atoms with E-state index < -0.39 is 0 Å². The number of ether oxygens (including phenoxy) is 1. The summed E-state index contributed by atoms with van der Waals surface area (Å²) in [6.45, 7) is 0. The van der Waals surface area contributed by atoms with Crippen molar-refractivity contribution in [2.45, 2.75) is 4.90 Å². The minimum atomic E-state index is 0.708. The van der Waals surface area contributed by atoms with Gasteiger partial charge >= 0.3 is 0 Å². The van der Waals surface area contributed by atoms with E-state index in [0.29, 0.717) is 9.90 Å². The molecule has 3 nitrogen and oxygen atoms in total. The van der Waals surface area contributed by atoms with Crippen LogP contribution in [0.3, 0.4) is 0 Å². The predicted molar refractivity (Wildman–Crippen MR) is 133 cm³/mol. The summed E-state index contributed by atoms with van der Waals surface area (Å²) >= 11 is 10.9. The summed E-state index contributed by atoms with van der Waals surface area (Å²) in [6.07, 6.45) is 0. The monoisotopic (exact) mass is 478 g/mol. The average Bonchev–Trinajstić information content (AvgIpc) is 3.53. The summed E-state index contributed by atoms with van der Waals surface area (Å²) in [5.74, 6) is 0.790. The number of nitriles is 1. The van der Waals surface area contributed by atoms with Gasteiger partial charge in [-0.3, -0.25) is 3.97 Å². The molecule has 31 heavy (non-hydrogen) atoms. The minimum Gasteiger partial charge on any atom is -0.497 e. The lowest BCUT2D eigenvalue weighted by atomic mass is 10.0. The molecule has 0 radical (unpaired) electrons. The van der Waals surface area contributed by atoms with E-state index in [1.807, 2.05) is 41.8 Å². The van der Waals surface area contributed by atoms with Crippen molar-refractivity contribution in [2.75, 3.05) is 7.11 Å². The number of benzene rings is 2. The lowest BCUT2D eigenvalue weighted by Gasteiger charge is -2.11. The highest BCUT2D eigenvalue weighted by atomic mass is 35.5. The molecule has 152 valence electrons. The van der Waals surface area contributed by atoms with Crippen LogP contribution in [-0.4, -0.2) is 11.1 Å². The molecule has 0 N–H and O–H groups in total. The van der Waals surface area contributed by atoms with Crippen molar-refractivity contribution in [1.82, 2.24) is 3.97 Å². The number of thiophene rings is 2. The van der Waals surface area contributed by atoms with Crippen LogP contribution in [0.25, 0.3) is 32.6 Å². The summed E-state index contributed by atoms with van der Waals surface area (Å²) < 4.78 is 7.77. The Kier molecular flexibility index (Phi) is 5.51. The second-order valence-corrected chi connectivity index (χ2v) is 10.0. The molecule has 3 aromatic heterocycles. The smallest absolute Gasteiger partial charge is 0.121 e. The van der Waals surface area contributed by atoms with Crippen molar-refractivity contribution >= 4 is 57.1 Å². The molecule has 0 unspecified atom stereocenters. The molecule has 0 aliphatic carbocycles. The second-order valence-electron chi connectivity index (χ2n) is 6.70. The number of nitrogens with zero attached hydrogens (tertiary/aromatic N) is 2. The van der Waals surface area contributed by atoms with Gasteiger partial charge in [-0.15, -0.1) is 22.7 Å². The molecule has 5 rings (SSSR count). The third kappa shape index (κ3) is 3.64. The summed E-state index contributed by atoms with van der Waals surface area (Å²) in [6, 6.07) is 22.5. The minimum absolute atomic E-state index is 0.708. The zero-order chi connectivity index (χ0) is 21.4. The number of aromatic nitrogens is 1. The first kappa shape index (κ1) is 20.2. The number of fused-ring (bicyclic) bond motifs is 1. The highest BCUT2D eigenvalue weighted by Crippen LogP contribution is 2.47. The van der Waals surface area contributed by atoms with E-state index in [2.05, 4.69) is 39.7 Å². The van der Waals surface area contributed by atoms with E-state index in [4.69, 9.17) is 16.3 Å². The molecule has 0 spiro atoms. The van der Waals surface area contributed by atoms with Gasteiger partial charge in [0.2, 0.25) is 0 Å². The van der Waals surface area contributed by atoms with Gasteiger partial charge in [-0.1, -0.05) is 17.7 Å². The van der Waals surface area contributed by atoms with Crippen LogP contribution in [0, 0.1) is 11.3 Å². The fourth-order valence-corrected chi connectivity index (χ4v) is 6.20. The van der Waals surface area contributed by atoms with Gasteiger partial charge in [-0.25, -0.2) is 0 Å². The molecule has 0 amide bonds. The predicted octanol–water partition coefficient (Wildman–Crippen LogP) is 8.19. The first-order valence-corrected chi connectivity index (χ1v) is 12.3. The van der Waals surface area contributed by atoms with Gasteiger partial charge in [0.1, 0.15) is 16.7 Å². The highest BCUT2D eigenvalue weighted by Gasteiger charge is 2.24. The average molecular weight is 479 g/mol. The van der Waals surface area contributed by atoms with Gasteiger partial charge in [-0.2, -0.15) is 5.26 Å². The molecule has 0 aliphatic heterocycles. The molecule has 0 saturated heterocycles. The molecule has 3 heterocycles. The summed E-state index contributed by atoms with van der Waals surface area (Å²) in [4.78, 5) is 2.92. The van der Waals surface area contributed by atoms with Crippen LogP contribution in [0.2, 0.25) is 5.02 Å². The lowest BCUT2D eigenvalue weighted by Crippen LogP contribution is -1.91. The van der Waals surface area contributed by atoms with Gasteiger partial charge in [-0.05, 0) is 71.2 Å². The zero-order valence-electron chi connectivity index (χ0n) is 16.3. The maximum Gasteiger partial charge on any atom is 0.121 e. The Morgan fingerprint density at radius 2 is 1.87 bits per heavy atom. The topological polar surface area (TPSA) is 37.9 Å². The Bertz CT molecular complexity index is 1410. The van der Waals surface area contributed by atoms with Crippen molar-refractivity contribution in [2.24, 2.45) is 0 Å². The maximum absolute atomic E-state index is 9.73. The van der Waals surface area contributed by atoms with Crippen LogP contribution < -0.4 is 4.74 Å². The molecule has 7 heteroatoms. The van der Waals surface area contributed by atoms with Crippen LogP contribution in [0.1, 0.15) is 4.88 Å². The van der Waals surface area contributed by atoms with Crippen molar-refractivity contribution in [3.8, 4) is 33.5 Å². The summed E-state index contributed by atoms with van der Waals surface area (Å²) in [5.41, 5.74) is 4.14. The lowest BCUT2D eigenvalue weighted by molar-refractivity contribution is 0.415. The summed E-state index contributed by atoms with van der Waals surface area (Å²) in [7, 11) is 1.68. The van der Waals surface area contributed by atoms with Gasteiger partial charge in [0.25, 0.3) is 0 Å². The molecular formula is C24H15ClN2OS3. The number of methoxy groups -OCH3 is 1. The molecular weight excluding hydrogens is 464 g/mol. The maximum atomic E-state index is 9.73. The van der Waals surface area contributed by atoms with Crippen LogP contribution in [0.4, 0.5) is 0 Å². The normalized spacial score (nSPS) is 11.0. The van der Waals surface area contributed by atoms with Crippen molar-refractivity contribution in [1.29, 1.82) is 5.26 Å². The van der Waals surface area contributed by atoms with E-state index in [-0.39, 0.29) is 0 Å². The molecule has 5 aromatic rings. The molecule has 0 aliphatic rings. The largest absolute Gasteiger partial charge is 0.497 e. The Morgan fingerprint density at radius 3 is 2.58 bits per heavy atom. The molecule has 0 saturated carbocycles. The van der Waals surface area contributed by atoms with Crippen LogP contribution >= 0.6 is 46.2 Å². The van der Waals surface area contributed by atoms with Gasteiger partial charge in [0.15, 0.2) is 0 Å². The second kappa shape index (κ2) is 8.45. The number of halogens is 1. The fraction of sp³-hybridized carbons (Fsp3) is 0.0417. The van der Waals surface area contributed by atoms with Gasteiger partial charge in [0.05, 0.1) is 23.2 Å². The third-order valence-corrected chi connectivity index (χ3v) is 7.93. The molecule has 2 aromatic carbocycles. The highest BCUT2D eigenvalue weighted by molar-refractivity contribution is 7.98. The van der Waals surface area contributed by atoms with Crippen LogP contribution in [0.5, 0.6) is 5.75 Å². The molecule has 0 fully saturated rings. The number of hydrogen-bond donors (Lipinski definition) is 0. The quantitative estimate of drug-likeness (QED) is 0.255. The van der Waals surface area contributed by atoms with Gasteiger partial charge < -0.3 is 4.74 Å². The Labute approximate surface area is 197 Å². The number of rotatable bonds is 5. The first-order valence-electron chi connectivity index (χ1n) is 9.38. The van der Waals surface area contributed by atoms with Crippen molar-refractivity contribution < 1.29 is 4.74 Å². The third-order valence-electron chi connectivity index (χ3n) is 4.93. The van der Waals surface area contributed by atoms with Gasteiger partial charge in [0, 0.05) is 32.5 Å². The Balaban J connectivity index is 1.86. The van der Waals surface area contributed by atoms with E-state index in [0.717, 1.165) is 43.2 Å². The van der Waals surface area contributed by atoms with E-state index in [9.17, 15) is 5.26 Å². The first-order chi connectivity index (χ1) is 15.2. The summed E-state index contributed by atoms with van der Waals surface area (Å²) in [5, 5.41) is 15.6. The standard InChI is InChI=1S/C24H15ClN2OS3/c1-28-16-6-9-18-20(13-16)27(31-17-7-4-15(25)5-8-17)24(21-3-2-11-29-21)23(18)19-10-12-30-22(19)14-26/h2-13H,1H3. The molecule has 0 atom stereocenters.